The Hall–Kier alpha value is -1.81. The SMILES string of the molecule is C=C(O)N(C)c1[c-]cc(N2C[C@H](CN=[N+]=[N-])OC2=O)cc1.[U]. The molecule has 0 saturated carbocycles. The Morgan fingerprint density at radius 3 is 3.00 bits per heavy atom. The molecule has 1 atom stereocenters. The van der Waals surface area contributed by atoms with E-state index in [0.29, 0.717) is 17.9 Å². The number of aliphatic hydroxyl groups is 1. The summed E-state index contributed by atoms with van der Waals surface area (Å²) in [6, 6.07) is 7.97. The van der Waals surface area contributed by atoms with Crippen molar-refractivity contribution in [3.63, 3.8) is 0 Å². The van der Waals surface area contributed by atoms with Crippen LogP contribution in [0, 0.1) is 37.2 Å². The van der Waals surface area contributed by atoms with Crippen LogP contribution in [-0.4, -0.2) is 37.4 Å². The van der Waals surface area contributed by atoms with E-state index in [0.717, 1.165) is 0 Å². The van der Waals surface area contributed by atoms with Crippen LogP contribution in [0.5, 0.6) is 0 Å². The van der Waals surface area contributed by atoms with Crippen molar-refractivity contribution in [1.29, 1.82) is 0 Å². The van der Waals surface area contributed by atoms with Crippen LogP contribution in [0.1, 0.15) is 0 Å². The molecule has 0 aromatic heterocycles. The third-order valence-corrected chi connectivity index (χ3v) is 3.06. The van der Waals surface area contributed by atoms with Gasteiger partial charge in [-0.05, 0) is 12.1 Å². The van der Waals surface area contributed by atoms with E-state index in [1.807, 2.05) is 0 Å². The number of hydrogen-bond donors (Lipinski definition) is 1. The van der Waals surface area contributed by atoms with E-state index in [-0.39, 0.29) is 43.5 Å². The average molecular weight is 526 g/mol. The Bertz CT molecular complexity index is 600. The second-order valence-electron chi connectivity index (χ2n) is 4.44. The van der Waals surface area contributed by atoms with E-state index in [1.54, 1.807) is 25.2 Å². The molecule has 1 aliphatic rings. The van der Waals surface area contributed by atoms with E-state index >= 15 is 0 Å². The summed E-state index contributed by atoms with van der Waals surface area (Å²) in [5.41, 5.74) is 9.50. The summed E-state index contributed by atoms with van der Waals surface area (Å²) < 4.78 is 5.09. The molecule has 0 bridgehead atoms. The van der Waals surface area contributed by atoms with Gasteiger partial charge in [-0.1, -0.05) is 16.5 Å². The van der Waals surface area contributed by atoms with Crippen LogP contribution in [0.25, 0.3) is 10.4 Å². The first-order valence-electron chi connectivity index (χ1n) is 6.15. The first kappa shape index (κ1) is 18.2. The van der Waals surface area contributed by atoms with Gasteiger partial charge in [-0.2, -0.15) is 12.1 Å². The molecule has 1 amide bonds. The summed E-state index contributed by atoms with van der Waals surface area (Å²) in [4.78, 5) is 17.3. The van der Waals surface area contributed by atoms with Crippen molar-refractivity contribution in [2.45, 2.75) is 6.10 Å². The van der Waals surface area contributed by atoms with E-state index < -0.39 is 12.2 Å². The molecule has 8 nitrogen and oxygen atoms in total. The minimum atomic E-state index is -0.491. The van der Waals surface area contributed by atoms with Crippen molar-refractivity contribution in [1.82, 2.24) is 0 Å². The van der Waals surface area contributed by atoms with E-state index in [4.69, 9.17) is 10.3 Å². The number of aliphatic hydroxyl groups excluding tert-OH is 1. The average Bonchev–Trinajstić information content (AvgIpc) is 2.85. The standard InChI is InChI=1S/C13H14N5O3.U/c1-9(19)17(2)10-3-5-11(6-4-10)18-8-12(7-15-16-14)21-13(18)20;/h3,5-6,12,19H,1,7-8H2,2H3;/q-1;/t12-;/m0./s1. The number of amides is 1. The van der Waals surface area contributed by atoms with Crippen molar-refractivity contribution in [2.24, 2.45) is 5.11 Å². The monoisotopic (exact) mass is 526 g/mol. The molecule has 22 heavy (non-hydrogen) atoms. The van der Waals surface area contributed by atoms with Crippen molar-refractivity contribution in [2.75, 3.05) is 29.9 Å². The minimum absolute atomic E-state index is 0. The van der Waals surface area contributed by atoms with Gasteiger partial charge in [-0.15, -0.1) is 12.1 Å². The smallest absolute Gasteiger partial charge is 0.403 e. The number of cyclic esters (lactones) is 1. The predicted octanol–water partition coefficient (Wildman–Crippen LogP) is 2.59. The van der Waals surface area contributed by atoms with E-state index in [9.17, 15) is 9.90 Å². The van der Waals surface area contributed by atoms with Crippen molar-refractivity contribution < 1.29 is 45.8 Å². The zero-order valence-electron chi connectivity index (χ0n) is 11.9. The van der Waals surface area contributed by atoms with Crippen LogP contribution in [0.4, 0.5) is 16.2 Å². The molecule has 9 heteroatoms. The summed E-state index contributed by atoms with van der Waals surface area (Å²) in [5, 5.41) is 12.7. The normalized spacial score (nSPS) is 16.3. The summed E-state index contributed by atoms with van der Waals surface area (Å²) >= 11 is 0. The van der Waals surface area contributed by atoms with Crippen LogP contribution in [-0.2, 0) is 4.74 Å². The number of ether oxygens (including phenoxy) is 1. The number of hydrogen-bond acceptors (Lipinski definition) is 5. The number of nitrogens with zero attached hydrogens (tertiary/aromatic N) is 5. The quantitative estimate of drug-likeness (QED) is 0.210. The molecule has 1 N–H and O–H groups in total. The molecule has 0 aliphatic carbocycles. The topological polar surface area (TPSA) is 102 Å². The number of anilines is 2. The van der Waals surface area contributed by atoms with Crippen molar-refractivity contribution >= 4 is 17.5 Å². The maximum absolute atomic E-state index is 11.8. The van der Waals surface area contributed by atoms with Crippen LogP contribution in [0.15, 0.2) is 35.8 Å². The van der Waals surface area contributed by atoms with Gasteiger partial charge in [-0.3, -0.25) is 0 Å². The van der Waals surface area contributed by atoms with Gasteiger partial charge >= 0.3 is 6.09 Å². The predicted molar refractivity (Wildman–Crippen MR) is 77.1 cm³/mol. The number of carbonyl (C=O) groups is 1. The van der Waals surface area contributed by atoms with Gasteiger partial charge in [0.1, 0.15) is 6.10 Å². The van der Waals surface area contributed by atoms with E-state index in [2.05, 4.69) is 22.7 Å². The molecule has 0 spiro atoms. The first-order chi connectivity index (χ1) is 10.0. The van der Waals surface area contributed by atoms with Gasteiger partial charge < -0.3 is 19.6 Å². The molecule has 1 heterocycles. The fourth-order valence-electron chi connectivity index (χ4n) is 1.88. The number of benzene rings is 1. The maximum atomic E-state index is 11.8. The largest absolute Gasteiger partial charge is 0.495 e. The molecule has 114 valence electrons. The second-order valence-corrected chi connectivity index (χ2v) is 4.44. The van der Waals surface area contributed by atoms with Crippen molar-refractivity contribution in [3.8, 4) is 0 Å². The fraction of sp³-hybridized carbons (Fsp3) is 0.308. The Labute approximate surface area is 151 Å². The summed E-state index contributed by atoms with van der Waals surface area (Å²) in [6.07, 6.45) is -0.942. The zero-order chi connectivity index (χ0) is 15.4. The van der Waals surface area contributed by atoms with Gasteiger partial charge in [0.15, 0.2) is 5.88 Å². The fourth-order valence-corrected chi connectivity index (χ4v) is 1.88. The number of azide groups is 1. The second kappa shape index (κ2) is 7.99. The molecule has 0 radical (unpaired) electrons. The Morgan fingerprint density at radius 2 is 2.45 bits per heavy atom. The first-order valence-corrected chi connectivity index (χ1v) is 6.15. The van der Waals surface area contributed by atoms with Crippen LogP contribution in [0.2, 0.25) is 0 Å². The molecule has 1 aromatic rings. The van der Waals surface area contributed by atoms with Gasteiger partial charge in [0.2, 0.25) is 0 Å². The summed E-state index contributed by atoms with van der Waals surface area (Å²) in [5.74, 6) is -0.103. The summed E-state index contributed by atoms with van der Waals surface area (Å²) in [7, 11) is 1.65. The molecule has 0 unspecified atom stereocenters. The Morgan fingerprint density at radius 1 is 1.73 bits per heavy atom. The van der Waals surface area contributed by atoms with Crippen molar-refractivity contribution in [3.05, 3.63) is 47.2 Å². The van der Waals surface area contributed by atoms with Crippen LogP contribution >= 0.6 is 0 Å². The van der Waals surface area contributed by atoms with Gasteiger partial charge in [-0.25, -0.2) is 4.79 Å². The Balaban J connectivity index is 0.00000242. The third-order valence-electron chi connectivity index (χ3n) is 3.06. The van der Waals surface area contributed by atoms with Crippen LogP contribution < -0.4 is 9.80 Å². The number of carbonyl (C=O) groups excluding carboxylic acids is 1. The minimum Gasteiger partial charge on any atom is -0.495 e. The van der Waals surface area contributed by atoms with Gasteiger partial charge in [0, 0.05) is 43.1 Å². The molecule has 1 fully saturated rings. The number of rotatable bonds is 5. The van der Waals surface area contributed by atoms with E-state index in [1.165, 1.54) is 9.80 Å². The summed E-state index contributed by atoms with van der Waals surface area (Å²) in [6.45, 7) is 3.84. The molecule has 1 saturated heterocycles. The van der Waals surface area contributed by atoms with Gasteiger partial charge in [0.05, 0.1) is 13.1 Å². The third kappa shape index (κ3) is 4.10. The maximum Gasteiger partial charge on any atom is 0.403 e. The molecule has 1 aliphatic heterocycles. The molecule has 2 rings (SSSR count). The Kier molecular flexibility index (Phi) is 6.63. The van der Waals surface area contributed by atoms with Crippen LogP contribution in [0.3, 0.4) is 0 Å². The van der Waals surface area contributed by atoms with Gasteiger partial charge in [0.25, 0.3) is 0 Å². The molecular formula is C13H14N5O3U-. The molecule has 1 aromatic carbocycles. The zero-order valence-corrected chi connectivity index (χ0v) is 16.1. The molecular weight excluding hydrogens is 512 g/mol.